The Morgan fingerprint density at radius 1 is 0.917 bits per heavy atom. The zero-order valence-corrected chi connectivity index (χ0v) is 22.1. The van der Waals surface area contributed by atoms with E-state index in [0.717, 1.165) is 62.7 Å². The monoisotopic (exact) mass is 530 g/mol. The fourth-order valence-corrected chi connectivity index (χ4v) is 6.27. The fraction of sp³-hybridized carbons (Fsp3) is 0.167. The maximum absolute atomic E-state index is 6.28. The third kappa shape index (κ3) is 4.39. The molecule has 0 fully saturated rings. The van der Waals surface area contributed by atoms with Crippen LogP contribution in [0.5, 0.6) is 5.75 Å². The lowest BCUT2D eigenvalue weighted by Gasteiger charge is -2.40. The minimum absolute atomic E-state index is 0.0574. The normalized spacial score (nSPS) is 20.1. The van der Waals surface area contributed by atoms with Gasteiger partial charge in [0.1, 0.15) is 5.75 Å². The summed E-state index contributed by atoms with van der Waals surface area (Å²) in [5.74, 6) is 0.848. The van der Waals surface area contributed by atoms with Crippen molar-refractivity contribution in [1.29, 1.82) is 0 Å². The van der Waals surface area contributed by atoms with Crippen LogP contribution in [0.4, 0.5) is 0 Å². The number of amidine groups is 1. The molecule has 2 aliphatic heterocycles. The average Bonchev–Trinajstić information content (AvgIpc) is 3.33. The third-order valence-corrected chi connectivity index (χ3v) is 8.16. The fourth-order valence-electron chi connectivity index (χ4n) is 5.09. The quantitative estimate of drug-likeness (QED) is 0.336. The average molecular weight is 532 g/mol. The van der Waals surface area contributed by atoms with Crippen LogP contribution in [0.2, 0.25) is 10.0 Å². The van der Waals surface area contributed by atoms with E-state index in [4.69, 9.17) is 32.9 Å². The molecule has 0 spiro atoms. The van der Waals surface area contributed by atoms with Gasteiger partial charge in [-0.25, -0.2) is 4.99 Å². The van der Waals surface area contributed by atoms with Crippen molar-refractivity contribution in [2.45, 2.75) is 25.3 Å². The van der Waals surface area contributed by atoms with Gasteiger partial charge in [-0.15, -0.1) is 0 Å². The Balaban J connectivity index is 1.47. The number of aliphatic imine (C=N–C) groups is 1. The van der Waals surface area contributed by atoms with Gasteiger partial charge in [0, 0.05) is 15.5 Å². The van der Waals surface area contributed by atoms with Crippen molar-refractivity contribution in [1.82, 2.24) is 4.90 Å². The third-order valence-electron chi connectivity index (χ3n) is 6.82. The smallest absolute Gasteiger partial charge is 0.174 e. The molecule has 0 amide bonds. The van der Waals surface area contributed by atoms with Gasteiger partial charge >= 0.3 is 0 Å². The molecule has 0 bridgehead atoms. The molecule has 3 aromatic carbocycles. The van der Waals surface area contributed by atoms with Gasteiger partial charge in [-0.05, 0) is 102 Å². The van der Waals surface area contributed by atoms with Gasteiger partial charge in [-0.1, -0.05) is 59.2 Å². The van der Waals surface area contributed by atoms with Crippen LogP contribution in [0.25, 0.3) is 11.8 Å². The summed E-state index contributed by atoms with van der Waals surface area (Å²) < 4.78 is 5.38. The number of methoxy groups -OCH3 is 1. The molecule has 36 heavy (non-hydrogen) atoms. The highest BCUT2D eigenvalue weighted by molar-refractivity contribution is 8.16. The number of hydrogen-bond acceptors (Lipinski definition) is 4. The van der Waals surface area contributed by atoms with E-state index in [1.165, 1.54) is 16.7 Å². The second-order valence-corrected chi connectivity index (χ2v) is 10.7. The van der Waals surface area contributed by atoms with Crippen LogP contribution >= 0.6 is 35.0 Å². The van der Waals surface area contributed by atoms with Crippen LogP contribution < -0.4 is 4.74 Å². The lowest BCUT2D eigenvalue weighted by Crippen LogP contribution is -2.34. The largest absolute Gasteiger partial charge is 0.497 e. The molecule has 3 nitrogen and oxygen atoms in total. The van der Waals surface area contributed by atoms with Gasteiger partial charge in [0.05, 0.1) is 24.5 Å². The molecule has 0 N–H and O–H groups in total. The van der Waals surface area contributed by atoms with E-state index in [0.29, 0.717) is 0 Å². The van der Waals surface area contributed by atoms with Gasteiger partial charge in [-0.2, -0.15) is 0 Å². The first-order valence-electron chi connectivity index (χ1n) is 11.9. The second kappa shape index (κ2) is 9.85. The number of allylic oxidation sites excluding steroid dienone is 1. The zero-order chi connectivity index (χ0) is 24.6. The van der Waals surface area contributed by atoms with Gasteiger partial charge in [0.15, 0.2) is 5.17 Å². The van der Waals surface area contributed by atoms with E-state index in [1.807, 2.05) is 36.4 Å². The van der Waals surface area contributed by atoms with Crippen LogP contribution in [0.1, 0.15) is 42.0 Å². The molecule has 1 aliphatic carbocycles. The molecule has 1 unspecified atom stereocenters. The topological polar surface area (TPSA) is 24.8 Å². The minimum atomic E-state index is 0.0574. The summed E-state index contributed by atoms with van der Waals surface area (Å²) in [5.41, 5.74) is 8.42. The number of ether oxygens (including phenoxy) is 1. The summed E-state index contributed by atoms with van der Waals surface area (Å²) in [7, 11) is 1.69. The van der Waals surface area contributed by atoms with Crippen molar-refractivity contribution in [2.24, 2.45) is 4.99 Å². The second-order valence-electron chi connectivity index (χ2n) is 9.02. The molecular weight excluding hydrogens is 507 g/mol. The Kier molecular flexibility index (Phi) is 6.43. The summed E-state index contributed by atoms with van der Waals surface area (Å²) >= 11 is 14.1. The summed E-state index contributed by atoms with van der Waals surface area (Å²) in [5, 5.41) is 4.70. The lowest BCUT2D eigenvalue weighted by atomic mass is 9.83. The van der Waals surface area contributed by atoms with Crippen molar-refractivity contribution in [3.05, 3.63) is 122 Å². The van der Waals surface area contributed by atoms with E-state index in [9.17, 15) is 0 Å². The molecule has 6 heteroatoms. The predicted octanol–water partition coefficient (Wildman–Crippen LogP) is 8.98. The number of halogens is 2. The minimum Gasteiger partial charge on any atom is -0.497 e. The van der Waals surface area contributed by atoms with E-state index >= 15 is 0 Å². The van der Waals surface area contributed by atoms with Gasteiger partial charge in [0.2, 0.25) is 0 Å². The SMILES string of the molecule is COc1ccc(C2=CSC3=NC4=C(CCC/C4=C\c4ccc(Cl)cc4)C(c4ccc(Cl)cc4)N23)cc1. The summed E-state index contributed by atoms with van der Waals surface area (Å²) in [6.07, 6.45) is 5.38. The Bertz CT molecular complexity index is 1420. The number of hydrogen-bond donors (Lipinski definition) is 0. The summed E-state index contributed by atoms with van der Waals surface area (Å²) in [6.45, 7) is 0. The van der Waals surface area contributed by atoms with E-state index in [-0.39, 0.29) is 6.04 Å². The van der Waals surface area contributed by atoms with Gasteiger partial charge < -0.3 is 9.64 Å². The molecule has 3 aromatic rings. The molecular formula is C30H24Cl2N2OS. The van der Waals surface area contributed by atoms with E-state index < -0.39 is 0 Å². The Hall–Kier alpha value is -2.92. The number of nitrogens with zero attached hydrogens (tertiary/aromatic N) is 2. The molecule has 0 aromatic heterocycles. The van der Waals surface area contributed by atoms with Crippen LogP contribution in [0.3, 0.4) is 0 Å². The Morgan fingerprint density at radius 2 is 1.61 bits per heavy atom. The van der Waals surface area contributed by atoms with Crippen LogP contribution in [0.15, 0.2) is 100 Å². The molecule has 180 valence electrons. The van der Waals surface area contributed by atoms with Crippen molar-refractivity contribution < 1.29 is 4.74 Å². The van der Waals surface area contributed by atoms with Gasteiger partial charge in [-0.3, -0.25) is 0 Å². The first kappa shape index (κ1) is 23.5. The maximum atomic E-state index is 6.28. The number of rotatable bonds is 4. The van der Waals surface area contributed by atoms with Crippen molar-refractivity contribution in [3.63, 3.8) is 0 Å². The van der Waals surface area contributed by atoms with Gasteiger partial charge in [0.25, 0.3) is 0 Å². The van der Waals surface area contributed by atoms with E-state index in [1.54, 1.807) is 18.9 Å². The zero-order valence-electron chi connectivity index (χ0n) is 19.7. The van der Waals surface area contributed by atoms with Crippen molar-refractivity contribution in [3.8, 4) is 5.75 Å². The molecule has 0 saturated heterocycles. The molecule has 0 saturated carbocycles. The van der Waals surface area contributed by atoms with E-state index in [2.05, 4.69) is 52.8 Å². The van der Waals surface area contributed by atoms with Crippen LogP contribution in [-0.2, 0) is 0 Å². The molecule has 3 aliphatic rings. The van der Waals surface area contributed by atoms with Crippen molar-refractivity contribution in [2.75, 3.05) is 7.11 Å². The Morgan fingerprint density at radius 3 is 2.31 bits per heavy atom. The standard InChI is InChI=1S/C30H24Cl2N2OS/c1-35-25-15-9-20(10-16-25)27-18-36-30-33-28-22(17-19-5-11-23(31)12-6-19)3-2-4-26(28)29(34(27)30)21-7-13-24(32)14-8-21/h5-18,29H,2-4H2,1H3/b22-17+. The maximum Gasteiger partial charge on any atom is 0.174 e. The lowest BCUT2D eigenvalue weighted by molar-refractivity contribution is 0.414. The molecule has 0 radical (unpaired) electrons. The van der Waals surface area contributed by atoms with Crippen LogP contribution in [0, 0.1) is 0 Å². The predicted molar refractivity (Wildman–Crippen MR) is 152 cm³/mol. The number of fused-ring (bicyclic) bond motifs is 1. The summed E-state index contributed by atoms with van der Waals surface area (Å²) in [4.78, 5) is 7.64. The molecule has 1 atom stereocenters. The first-order chi connectivity index (χ1) is 17.6. The molecule has 6 rings (SSSR count). The Labute approximate surface area is 225 Å². The highest BCUT2D eigenvalue weighted by atomic mass is 35.5. The molecule has 2 heterocycles. The first-order valence-corrected chi connectivity index (χ1v) is 13.6. The van der Waals surface area contributed by atoms with Crippen molar-refractivity contribution >= 4 is 51.9 Å². The number of thioether (sulfide) groups is 1. The highest BCUT2D eigenvalue weighted by Crippen LogP contribution is 2.51. The highest BCUT2D eigenvalue weighted by Gasteiger charge is 2.40. The van der Waals surface area contributed by atoms with Crippen LogP contribution in [-0.4, -0.2) is 17.2 Å². The number of benzene rings is 3. The summed E-state index contributed by atoms with van der Waals surface area (Å²) in [6, 6.07) is 24.6.